The van der Waals surface area contributed by atoms with Crippen LogP contribution in [0, 0.1) is 5.92 Å². The summed E-state index contributed by atoms with van der Waals surface area (Å²) < 4.78 is 8.76. The van der Waals surface area contributed by atoms with Crippen LogP contribution in [0.4, 0.5) is 4.79 Å². The summed E-state index contributed by atoms with van der Waals surface area (Å²) in [5.74, 6) is 0.359. The smallest absolute Gasteiger partial charge is 0.403 e. The van der Waals surface area contributed by atoms with Crippen molar-refractivity contribution in [2.45, 2.75) is 13.8 Å². The molecule has 5 heteroatoms. The highest BCUT2D eigenvalue weighted by atomic mass is 35.5. The molecule has 0 fully saturated rings. The minimum absolute atomic E-state index is 0.359. The van der Waals surface area contributed by atoms with Crippen LogP contribution in [0.2, 0.25) is 0 Å². The van der Waals surface area contributed by atoms with Gasteiger partial charge in [0.15, 0.2) is 0 Å². The molecule has 0 N–H and O–H groups in total. The molecule has 0 saturated carbocycles. The SMILES string of the molecule is CC(C)COC(=O)Cl.c1cnoc1. The zero-order valence-electron chi connectivity index (χ0n) is 7.57. The Morgan fingerprint density at radius 2 is 2.38 bits per heavy atom. The Kier molecular flexibility index (Phi) is 7.01. The van der Waals surface area contributed by atoms with Gasteiger partial charge in [-0.3, -0.25) is 0 Å². The topological polar surface area (TPSA) is 52.3 Å². The van der Waals surface area contributed by atoms with Gasteiger partial charge in [-0.15, -0.1) is 0 Å². The van der Waals surface area contributed by atoms with Crippen molar-refractivity contribution in [3.05, 3.63) is 18.5 Å². The van der Waals surface area contributed by atoms with E-state index in [9.17, 15) is 4.79 Å². The Morgan fingerprint density at radius 1 is 1.69 bits per heavy atom. The van der Waals surface area contributed by atoms with Gasteiger partial charge in [-0.1, -0.05) is 19.0 Å². The van der Waals surface area contributed by atoms with Gasteiger partial charge >= 0.3 is 5.43 Å². The maximum Gasteiger partial charge on any atom is 0.403 e. The predicted octanol–water partition coefficient (Wildman–Crippen LogP) is 2.69. The predicted molar refractivity (Wildman–Crippen MR) is 48.5 cm³/mol. The van der Waals surface area contributed by atoms with Crippen LogP contribution in [0.5, 0.6) is 0 Å². The molecular weight excluding hydrogens is 194 g/mol. The summed E-state index contributed by atoms with van der Waals surface area (Å²) in [6.07, 6.45) is 3.10. The number of halogens is 1. The van der Waals surface area contributed by atoms with E-state index in [-0.39, 0.29) is 0 Å². The number of hydrogen-bond acceptors (Lipinski definition) is 4. The maximum atomic E-state index is 9.89. The molecular formula is C8H12ClNO3. The molecule has 13 heavy (non-hydrogen) atoms. The Bertz CT molecular complexity index is 194. The first-order valence-corrected chi connectivity index (χ1v) is 4.17. The largest absolute Gasteiger partial charge is 0.453 e. The molecule has 0 aromatic carbocycles. The van der Waals surface area contributed by atoms with Crippen molar-refractivity contribution in [2.24, 2.45) is 5.92 Å². The molecule has 4 nitrogen and oxygen atoms in total. The normalized spacial score (nSPS) is 8.92. The lowest BCUT2D eigenvalue weighted by Crippen LogP contribution is -2.02. The van der Waals surface area contributed by atoms with Crippen molar-refractivity contribution in [1.29, 1.82) is 0 Å². The van der Waals surface area contributed by atoms with Crippen LogP contribution in [-0.2, 0) is 4.74 Å². The minimum Gasteiger partial charge on any atom is -0.453 e. The molecule has 0 amide bonds. The summed E-state index contributed by atoms with van der Waals surface area (Å²) in [5.41, 5.74) is -0.723. The van der Waals surface area contributed by atoms with Crippen LogP contribution in [0.25, 0.3) is 0 Å². The molecule has 1 aromatic rings. The zero-order chi connectivity index (χ0) is 10.1. The quantitative estimate of drug-likeness (QED) is 0.697. The van der Waals surface area contributed by atoms with E-state index in [1.54, 1.807) is 12.3 Å². The zero-order valence-corrected chi connectivity index (χ0v) is 8.32. The second-order valence-electron chi connectivity index (χ2n) is 2.63. The molecule has 1 rings (SSSR count). The van der Waals surface area contributed by atoms with Crippen molar-refractivity contribution in [1.82, 2.24) is 5.16 Å². The van der Waals surface area contributed by atoms with E-state index >= 15 is 0 Å². The van der Waals surface area contributed by atoms with Crippen LogP contribution in [0.15, 0.2) is 23.0 Å². The Morgan fingerprint density at radius 3 is 2.54 bits per heavy atom. The van der Waals surface area contributed by atoms with Crippen molar-refractivity contribution in [3.63, 3.8) is 0 Å². The summed E-state index contributed by atoms with van der Waals surface area (Å²) in [5, 5.41) is 3.35. The van der Waals surface area contributed by atoms with Gasteiger partial charge in [-0.2, -0.15) is 0 Å². The summed E-state index contributed by atoms with van der Waals surface area (Å²) in [6, 6.07) is 1.72. The van der Waals surface area contributed by atoms with E-state index in [1.165, 1.54) is 6.26 Å². The molecule has 1 aromatic heterocycles. The summed E-state index contributed by atoms with van der Waals surface area (Å²) >= 11 is 4.86. The first-order valence-electron chi connectivity index (χ1n) is 3.79. The molecule has 0 saturated heterocycles. The van der Waals surface area contributed by atoms with Gasteiger partial charge in [-0.05, 0) is 12.0 Å². The number of nitrogens with zero attached hydrogens (tertiary/aromatic N) is 1. The molecule has 0 bridgehead atoms. The average Bonchev–Trinajstić information content (AvgIpc) is 2.57. The van der Waals surface area contributed by atoms with Gasteiger partial charge in [0, 0.05) is 11.6 Å². The highest BCUT2D eigenvalue weighted by molar-refractivity contribution is 6.61. The molecule has 0 unspecified atom stereocenters. The maximum absolute atomic E-state index is 9.89. The van der Waals surface area contributed by atoms with E-state index in [0.717, 1.165) is 0 Å². The van der Waals surface area contributed by atoms with Crippen LogP contribution < -0.4 is 0 Å². The van der Waals surface area contributed by atoms with E-state index in [1.807, 2.05) is 13.8 Å². The van der Waals surface area contributed by atoms with Crippen molar-refractivity contribution in [2.75, 3.05) is 6.61 Å². The lowest BCUT2D eigenvalue weighted by Gasteiger charge is -2.00. The van der Waals surface area contributed by atoms with Crippen LogP contribution in [-0.4, -0.2) is 17.2 Å². The molecule has 0 aliphatic rings. The minimum atomic E-state index is -0.723. The van der Waals surface area contributed by atoms with Crippen LogP contribution >= 0.6 is 11.6 Å². The fraction of sp³-hybridized carbons (Fsp3) is 0.500. The van der Waals surface area contributed by atoms with Crippen molar-refractivity contribution < 1.29 is 14.1 Å². The van der Waals surface area contributed by atoms with E-state index in [0.29, 0.717) is 12.5 Å². The first-order chi connectivity index (χ1) is 6.13. The van der Waals surface area contributed by atoms with Crippen molar-refractivity contribution >= 4 is 17.0 Å². The van der Waals surface area contributed by atoms with Gasteiger partial charge in [-0.25, -0.2) is 4.79 Å². The second-order valence-corrected chi connectivity index (χ2v) is 2.94. The second kappa shape index (κ2) is 7.61. The van der Waals surface area contributed by atoms with Gasteiger partial charge in [0.25, 0.3) is 0 Å². The standard InChI is InChI=1S/C5H9ClO2.C3H3NO/c1-4(2)3-8-5(6)7;1-2-4-5-3-1/h4H,3H2,1-2H3;1-3H. The third kappa shape index (κ3) is 11.0. The number of rotatable bonds is 2. The molecule has 0 atom stereocenters. The highest BCUT2D eigenvalue weighted by Gasteiger charge is 1.96. The Labute approximate surface area is 81.8 Å². The van der Waals surface area contributed by atoms with Crippen molar-refractivity contribution in [3.8, 4) is 0 Å². The number of hydrogen-bond donors (Lipinski definition) is 0. The Hall–Kier alpha value is -1.03. The van der Waals surface area contributed by atoms with E-state index in [2.05, 4.69) is 14.4 Å². The molecule has 0 aliphatic carbocycles. The highest BCUT2D eigenvalue weighted by Crippen LogP contribution is 1.94. The fourth-order valence-corrected chi connectivity index (χ4v) is 0.471. The first kappa shape index (κ1) is 12.0. The molecule has 0 radical (unpaired) electrons. The fourth-order valence-electron chi connectivity index (χ4n) is 0.408. The Balaban J connectivity index is 0.000000243. The monoisotopic (exact) mass is 205 g/mol. The lowest BCUT2D eigenvalue weighted by molar-refractivity contribution is 0.159. The van der Waals surface area contributed by atoms with E-state index in [4.69, 9.17) is 11.6 Å². The summed E-state index contributed by atoms with van der Waals surface area (Å²) in [6.45, 7) is 4.29. The number of aromatic nitrogens is 1. The van der Waals surface area contributed by atoms with Gasteiger partial charge in [0.2, 0.25) is 0 Å². The third-order valence-electron chi connectivity index (χ3n) is 0.877. The summed E-state index contributed by atoms with van der Waals surface area (Å²) in [4.78, 5) is 9.89. The van der Waals surface area contributed by atoms with Gasteiger partial charge < -0.3 is 9.26 Å². The molecule has 1 heterocycles. The number of carbonyl (C=O) groups is 1. The molecule has 0 aliphatic heterocycles. The van der Waals surface area contributed by atoms with Crippen LogP contribution in [0.1, 0.15) is 13.8 Å². The number of carbonyl (C=O) groups excluding carboxylic acids is 1. The average molecular weight is 206 g/mol. The van der Waals surface area contributed by atoms with Gasteiger partial charge in [0.05, 0.1) is 12.8 Å². The lowest BCUT2D eigenvalue weighted by atomic mass is 10.2. The summed E-state index contributed by atoms with van der Waals surface area (Å²) in [7, 11) is 0. The van der Waals surface area contributed by atoms with Crippen LogP contribution in [0.3, 0.4) is 0 Å². The third-order valence-corrected chi connectivity index (χ3v) is 0.986. The van der Waals surface area contributed by atoms with E-state index < -0.39 is 5.43 Å². The van der Waals surface area contributed by atoms with Gasteiger partial charge in [0.1, 0.15) is 6.26 Å². The molecule has 0 spiro atoms. The molecule has 74 valence electrons. The number of ether oxygens (including phenoxy) is 1.